The lowest BCUT2D eigenvalue weighted by Crippen LogP contribution is -2.16. The van der Waals surface area contributed by atoms with Crippen molar-refractivity contribution < 1.29 is 13.5 Å². The number of hydrogen-bond donors (Lipinski definition) is 3. The van der Waals surface area contributed by atoms with Crippen LogP contribution in [0.4, 0.5) is 11.4 Å². The maximum absolute atomic E-state index is 11.8. The molecular formula is C26H21N5O3S2. The lowest BCUT2D eigenvalue weighted by atomic mass is 10.0. The summed E-state index contributed by atoms with van der Waals surface area (Å²) >= 11 is 5.25. The van der Waals surface area contributed by atoms with Gasteiger partial charge in [0.05, 0.1) is 17.7 Å². The number of azo groups is 1. The molecule has 180 valence electrons. The number of aromatic hydroxyl groups is 1. The van der Waals surface area contributed by atoms with E-state index in [0.717, 1.165) is 21.9 Å². The highest BCUT2D eigenvalue weighted by molar-refractivity contribution is 7.89. The molecule has 0 aliphatic heterocycles. The highest BCUT2D eigenvalue weighted by Crippen LogP contribution is 2.39. The third kappa shape index (κ3) is 4.57. The number of nitrogens with zero attached hydrogens (tertiary/aromatic N) is 3. The molecule has 5 rings (SSSR count). The minimum absolute atomic E-state index is 0.0550. The molecule has 0 saturated carbocycles. The van der Waals surface area contributed by atoms with Crippen molar-refractivity contribution in [2.45, 2.75) is 11.4 Å². The van der Waals surface area contributed by atoms with Gasteiger partial charge in [-0.1, -0.05) is 72.8 Å². The molecular weight excluding hydrogens is 494 g/mol. The SMILES string of the molecule is NS(=O)(=O)c1ccccc1NC(=S)N=Nc1c(O)n(Cc2cccc3ccccc23)c2ccccc12. The smallest absolute Gasteiger partial charge is 0.240 e. The van der Waals surface area contributed by atoms with Crippen molar-refractivity contribution in [2.24, 2.45) is 15.4 Å². The minimum atomic E-state index is -3.96. The molecule has 0 unspecified atom stereocenters. The van der Waals surface area contributed by atoms with Gasteiger partial charge in [-0.2, -0.15) is 0 Å². The Balaban J connectivity index is 1.49. The van der Waals surface area contributed by atoms with Gasteiger partial charge in [-0.3, -0.25) is 0 Å². The summed E-state index contributed by atoms with van der Waals surface area (Å²) < 4.78 is 25.5. The van der Waals surface area contributed by atoms with E-state index in [1.807, 2.05) is 60.7 Å². The van der Waals surface area contributed by atoms with E-state index < -0.39 is 10.0 Å². The fourth-order valence-electron chi connectivity index (χ4n) is 4.18. The first-order valence-electron chi connectivity index (χ1n) is 10.9. The first-order valence-corrected chi connectivity index (χ1v) is 12.9. The van der Waals surface area contributed by atoms with Crippen molar-refractivity contribution >= 4 is 60.4 Å². The van der Waals surface area contributed by atoms with Crippen LogP contribution in [0.2, 0.25) is 0 Å². The number of sulfonamides is 1. The fraction of sp³-hybridized carbons (Fsp3) is 0.0385. The molecule has 0 aliphatic rings. The molecule has 0 fully saturated rings. The Kier molecular flexibility index (Phi) is 6.23. The number of thiocarbonyl (C=S) groups is 1. The zero-order valence-corrected chi connectivity index (χ0v) is 20.5. The van der Waals surface area contributed by atoms with Crippen LogP contribution in [0.1, 0.15) is 5.56 Å². The van der Waals surface area contributed by atoms with Crippen molar-refractivity contribution in [1.82, 2.24) is 4.57 Å². The van der Waals surface area contributed by atoms with Crippen molar-refractivity contribution in [3.05, 3.63) is 96.6 Å². The van der Waals surface area contributed by atoms with Gasteiger partial charge in [-0.25, -0.2) is 13.6 Å². The Bertz CT molecular complexity index is 1760. The summed E-state index contributed by atoms with van der Waals surface area (Å²) in [4.78, 5) is -0.114. The van der Waals surface area contributed by atoms with Crippen LogP contribution in [0, 0.1) is 0 Å². The van der Waals surface area contributed by atoms with Crippen molar-refractivity contribution in [2.75, 3.05) is 5.32 Å². The number of para-hydroxylation sites is 2. The topological polar surface area (TPSA) is 122 Å². The third-order valence-electron chi connectivity index (χ3n) is 5.80. The standard InChI is InChI=1S/C26H21N5O3S2/c27-36(33,34)23-15-6-4-13-21(23)28-26(35)30-29-24-20-12-3-5-14-22(20)31(25(24)32)16-18-10-7-9-17-8-1-2-11-19(17)18/h1-15,32H,16H2,(H,28,35)(H2,27,33,34). The van der Waals surface area contributed by atoms with Crippen molar-refractivity contribution in [1.29, 1.82) is 0 Å². The second kappa shape index (κ2) is 9.50. The van der Waals surface area contributed by atoms with Crippen LogP contribution in [-0.2, 0) is 16.6 Å². The molecule has 0 spiro atoms. The number of fused-ring (bicyclic) bond motifs is 2. The maximum atomic E-state index is 11.8. The highest BCUT2D eigenvalue weighted by atomic mass is 32.2. The number of nitrogens with one attached hydrogen (secondary N) is 1. The number of hydrogen-bond acceptors (Lipinski definition) is 5. The number of benzene rings is 4. The lowest BCUT2D eigenvalue weighted by molar-refractivity contribution is 0.430. The molecule has 0 aliphatic carbocycles. The molecule has 0 saturated heterocycles. The number of nitrogens with two attached hydrogens (primary N) is 1. The molecule has 1 aromatic heterocycles. The number of primary sulfonamides is 1. The van der Waals surface area contributed by atoms with Crippen LogP contribution in [-0.4, -0.2) is 23.2 Å². The van der Waals surface area contributed by atoms with Crippen molar-refractivity contribution in [3.8, 4) is 5.88 Å². The van der Waals surface area contributed by atoms with Crippen LogP contribution in [0.15, 0.2) is 106 Å². The van der Waals surface area contributed by atoms with Gasteiger partial charge >= 0.3 is 0 Å². The molecule has 0 amide bonds. The van der Waals surface area contributed by atoms with E-state index in [4.69, 9.17) is 17.4 Å². The van der Waals surface area contributed by atoms with E-state index in [2.05, 4.69) is 21.6 Å². The summed E-state index contributed by atoms with van der Waals surface area (Å²) in [7, 11) is -3.96. The summed E-state index contributed by atoms with van der Waals surface area (Å²) in [5, 5.41) is 30.2. The largest absolute Gasteiger partial charge is 0.493 e. The maximum Gasteiger partial charge on any atom is 0.240 e. The number of rotatable bonds is 5. The summed E-state index contributed by atoms with van der Waals surface area (Å²) in [6, 6.07) is 27.7. The molecule has 4 aromatic carbocycles. The highest BCUT2D eigenvalue weighted by Gasteiger charge is 2.18. The van der Waals surface area contributed by atoms with E-state index in [9.17, 15) is 13.5 Å². The normalized spacial score (nSPS) is 11.9. The van der Waals surface area contributed by atoms with E-state index in [1.54, 1.807) is 16.7 Å². The van der Waals surface area contributed by atoms with E-state index in [-0.39, 0.29) is 27.3 Å². The van der Waals surface area contributed by atoms with Crippen LogP contribution in [0.3, 0.4) is 0 Å². The van der Waals surface area contributed by atoms with Gasteiger partial charge in [-0.05, 0) is 46.8 Å². The van der Waals surface area contributed by atoms with Gasteiger partial charge in [0.1, 0.15) is 4.90 Å². The quantitative estimate of drug-likeness (QED) is 0.205. The number of anilines is 1. The average Bonchev–Trinajstić information content (AvgIpc) is 3.13. The second-order valence-corrected chi connectivity index (χ2v) is 10.0. The predicted octanol–water partition coefficient (Wildman–Crippen LogP) is 5.68. The lowest BCUT2D eigenvalue weighted by Gasteiger charge is -2.10. The molecule has 10 heteroatoms. The molecule has 0 radical (unpaired) electrons. The molecule has 5 aromatic rings. The van der Waals surface area contributed by atoms with E-state index >= 15 is 0 Å². The summed E-state index contributed by atoms with van der Waals surface area (Å²) in [6.07, 6.45) is 0. The van der Waals surface area contributed by atoms with Gasteiger partial charge in [0.25, 0.3) is 0 Å². The summed E-state index contributed by atoms with van der Waals surface area (Å²) in [5.74, 6) is -0.0550. The monoisotopic (exact) mass is 515 g/mol. The zero-order chi connectivity index (χ0) is 25.3. The van der Waals surface area contributed by atoms with Crippen LogP contribution < -0.4 is 10.5 Å². The first kappa shape index (κ1) is 23.6. The second-order valence-electron chi connectivity index (χ2n) is 8.09. The summed E-state index contributed by atoms with van der Waals surface area (Å²) in [6.45, 7) is 0.424. The van der Waals surface area contributed by atoms with Gasteiger partial charge in [0.15, 0.2) is 5.69 Å². The molecule has 0 atom stereocenters. The van der Waals surface area contributed by atoms with Crippen LogP contribution in [0.5, 0.6) is 5.88 Å². The van der Waals surface area contributed by atoms with Gasteiger partial charge in [-0.15, -0.1) is 10.2 Å². The Morgan fingerprint density at radius 3 is 2.39 bits per heavy atom. The predicted molar refractivity (Wildman–Crippen MR) is 145 cm³/mol. The van der Waals surface area contributed by atoms with E-state index in [0.29, 0.717) is 11.9 Å². The van der Waals surface area contributed by atoms with Gasteiger partial charge in [0, 0.05) is 5.39 Å². The van der Waals surface area contributed by atoms with Crippen LogP contribution in [0.25, 0.3) is 21.7 Å². The zero-order valence-electron chi connectivity index (χ0n) is 18.9. The molecule has 0 bridgehead atoms. The first-order chi connectivity index (χ1) is 17.3. The Morgan fingerprint density at radius 1 is 0.917 bits per heavy atom. The Labute approximate surface area is 212 Å². The Morgan fingerprint density at radius 2 is 1.58 bits per heavy atom. The van der Waals surface area contributed by atoms with Gasteiger partial charge in [0.2, 0.25) is 21.0 Å². The van der Waals surface area contributed by atoms with Crippen LogP contribution >= 0.6 is 12.2 Å². The molecule has 1 heterocycles. The molecule has 4 N–H and O–H groups in total. The fourth-order valence-corrected chi connectivity index (χ4v) is 5.03. The summed E-state index contributed by atoms with van der Waals surface area (Å²) in [5.41, 5.74) is 2.28. The third-order valence-corrected chi connectivity index (χ3v) is 6.95. The molecule has 36 heavy (non-hydrogen) atoms. The average molecular weight is 516 g/mol. The van der Waals surface area contributed by atoms with Crippen molar-refractivity contribution in [3.63, 3.8) is 0 Å². The number of aromatic nitrogens is 1. The minimum Gasteiger partial charge on any atom is -0.493 e. The van der Waals surface area contributed by atoms with E-state index in [1.165, 1.54) is 12.1 Å². The van der Waals surface area contributed by atoms with Gasteiger partial charge < -0.3 is 15.0 Å². The molecule has 8 nitrogen and oxygen atoms in total. The Hall–Kier alpha value is -4.12.